The molecular formula is C22H31Cl2N3O. The highest BCUT2D eigenvalue weighted by Gasteiger charge is 2.12. The molecule has 1 amide bonds. The standard InChI is InChI=1S/C22H29N3O.2ClH/c23-21(19-8-4-3-5-9-19)16-22(26)24-20-12-10-18(11-13-20)17-25-14-6-1-2-7-15-25;;/h3-5,8-13,21H,1-2,6-7,14-17,23H2,(H,24,26);2*1H. The molecule has 154 valence electrons. The molecule has 1 fully saturated rings. The minimum Gasteiger partial charge on any atom is -0.326 e. The Labute approximate surface area is 180 Å². The Morgan fingerprint density at radius 1 is 0.929 bits per heavy atom. The van der Waals surface area contributed by atoms with Gasteiger partial charge in [0.15, 0.2) is 0 Å². The maximum Gasteiger partial charge on any atom is 0.226 e. The van der Waals surface area contributed by atoms with Crippen molar-refractivity contribution in [1.82, 2.24) is 4.90 Å². The van der Waals surface area contributed by atoms with Crippen molar-refractivity contribution >= 4 is 36.4 Å². The fourth-order valence-electron chi connectivity index (χ4n) is 3.48. The van der Waals surface area contributed by atoms with Gasteiger partial charge in [-0.1, -0.05) is 55.3 Å². The van der Waals surface area contributed by atoms with Crippen molar-refractivity contribution in [3.8, 4) is 0 Å². The van der Waals surface area contributed by atoms with Gasteiger partial charge in [0.05, 0.1) is 0 Å². The minimum absolute atomic E-state index is 0. The van der Waals surface area contributed by atoms with Gasteiger partial charge in [-0.3, -0.25) is 9.69 Å². The van der Waals surface area contributed by atoms with Crippen LogP contribution in [0.1, 0.15) is 49.3 Å². The molecule has 0 bridgehead atoms. The van der Waals surface area contributed by atoms with Crippen LogP contribution in [0.2, 0.25) is 0 Å². The zero-order valence-electron chi connectivity index (χ0n) is 16.2. The van der Waals surface area contributed by atoms with Crippen molar-refractivity contribution in [3.63, 3.8) is 0 Å². The number of rotatable bonds is 6. The molecule has 0 aromatic heterocycles. The first kappa shape index (κ1) is 24.4. The van der Waals surface area contributed by atoms with Gasteiger partial charge in [-0.2, -0.15) is 0 Å². The summed E-state index contributed by atoms with van der Waals surface area (Å²) in [6.07, 6.45) is 5.59. The lowest BCUT2D eigenvalue weighted by Crippen LogP contribution is -2.24. The van der Waals surface area contributed by atoms with Gasteiger partial charge in [-0.25, -0.2) is 0 Å². The summed E-state index contributed by atoms with van der Waals surface area (Å²) in [5, 5.41) is 2.95. The van der Waals surface area contributed by atoms with Crippen molar-refractivity contribution in [3.05, 3.63) is 65.7 Å². The molecule has 0 spiro atoms. The molecule has 6 heteroatoms. The highest BCUT2D eigenvalue weighted by atomic mass is 35.5. The first-order chi connectivity index (χ1) is 12.7. The molecule has 1 saturated heterocycles. The summed E-state index contributed by atoms with van der Waals surface area (Å²) >= 11 is 0. The van der Waals surface area contributed by atoms with E-state index in [1.165, 1.54) is 44.3 Å². The smallest absolute Gasteiger partial charge is 0.226 e. The predicted molar refractivity (Wildman–Crippen MR) is 121 cm³/mol. The average molecular weight is 424 g/mol. The van der Waals surface area contributed by atoms with Gasteiger partial charge >= 0.3 is 0 Å². The normalized spacial score (nSPS) is 15.5. The number of nitrogens with two attached hydrogens (primary N) is 1. The summed E-state index contributed by atoms with van der Waals surface area (Å²) < 4.78 is 0. The number of nitrogens with zero attached hydrogens (tertiary/aromatic N) is 1. The van der Waals surface area contributed by atoms with Crippen molar-refractivity contribution in [2.24, 2.45) is 5.73 Å². The van der Waals surface area contributed by atoms with E-state index in [0.717, 1.165) is 17.8 Å². The number of hydrogen-bond acceptors (Lipinski definition) is 3. The number of halogens is 2. The molecule has 1 unspecified atom stereocenters. The second-order valence-corrected chi connectivity index (χ2v) is 7.16. The molecule has 0 saturated carbocycles. The van der Waals surface area contributed by atoms with Gasteiger partial charge in [-0.05, 0) is 49.2 Å². The zero-order valence-corrected chi connectivity index (χ0v) is 17.8. The van der Waals surface area contributed by atoms with Crippen molar-refractivity contribution in [1.29, 1.82) is 0 Å². The maximum atomic E-state index is 12.2. The van der Waals surface area contributed by atoms with Crippen molar-refractivity contribution in [2.45, 2.75) is 44.7 Å². The molecule has 3 rings (SSSR count). The van der Waals surface area contributed by atoms with Crippen LogP contribution in [0, 0.1) is 0 Å². The van der Waals surface area contributed by atoms with Crippen LogP contribution in [0.3, 0.4) is 0 Å². The van der Waals surface area contributed by atoms with E-state index in [1.807, 2.05) is 42.5 Å². The summed E-state index contributed by atoms with van der Waals surface area (Å²) in [5.41, 5.74) is 9.23. The predicted octanol–water partition coefficient (Wildman–Crippen LogP) is 4.93. The Bertz CT molecular complexity index is 687. The molecule has 0 radical (unpaired) electrons. The maximum absolute atomic E-state index is 12.2. The second kappa shape index (κ2) is 12.8. The van der Waals surface area contributed by atoms with Crippen LogP contribution in [-0.4, -0.2) is 23.9 Å². The van der Waals surface area contributed by atoms with E-state index in [4.69, 9.17) is 5.73 Å². The topological polar surface area (TPSA) is 58.4 Å². The lowest BCUT2D eigenvalue weighted by Gasteiger charge is -2.20. The molecule has 1 aliphatic rings. The van der Waals surface area contributed by atoms with Gasteiger partial charge in [-0.15, -0.1) is 24.8 Å². The molecule has 3 N–H and O–H groups in total. The molecule has 1 atom stereocenters. The number of carbonyl (C=O) groups excluding carboxylic acids is 1. The van der Waals surface area contributed by atoms with Gasteiger partial charge < -0.3 is 11.1 Å². The Morgan fingerprint density at radius 3 is 2.14 bits per heavy atom. The van der Waals surface area contributed by atoms with Crippen LogP contribution in [0.4, 0.5) is 5.69 Å². The lowest BCUT2D eigenvalue weighted by molar-refractivity contribution is -0.116. The fraction of sp³-hybridized carbons (Fsp3) is 0.409. The molecule has 2 aromatic rings. The number of likely N-dealkylation sites (tertiary alicyclic amines) is 1. The molecule has 2 aromatic carbocycles. The molecule has 1 aliphatic heterocycles. The molecular weight excluding hydrogens is 393 g/mol. The number of nitrogens with one attached hydrogen (secondary N) is 1. The average Bonchev–Trinajstić information content (AvgIpc) is 2.92. The van der Waals surface area contributed by atoms with E-state index in [1.54, 1.807) is 0 Å². The SMILES string of the molecule is Cl.Cl.NC(CC(=O)Nc1ccc(CN2CCCCCC2)cc1)c1ccccc1. The van der Waals surface area contributed by atoms with E-state index >= 15 is 0 Å². The Morgan fingerprint density at radius 2 is 1.54 bits per heavy atom. The van der Waals surface area contributed by atoms with Crippen LogP contribution in [0.5, 0.6) is 0 Å². The molecule has 1 heterocycles. The largest absolute Gasteiger partial charge is 0.326 e. The summed E-state index contributed by atoms with van der Waals surface area (Å²) in [7, 11) is 0. The summed E-state index contributed by atoms with van der Waals surface area (Å²) in [6.45, 7) is 3.37. The third kappa shape index (κ3) is 7.80. The van der Waals surface area contributed by atoms with Gasteiger partial charge in [0.1, 0.15) is 0 Å². The molecule has 4 nitrogen and oxygen atoms in total. The highest BCUT2D eigenvalue weighted by Crippen LogP contribution is 2.17. The van der Waals surface area contributed by atoms with Gasteiger partial charge in [0, 0.05) is 24.7 Å². The fourth-order valence-corrected chi connectivity index (χ4v) is 3.48. The van der Waals surface area contributed by atoms with E-state index in [9.17, 15) is 4.79 Å². The van der Waals surface area contributed by atoms with Crippen LogP contribution >= 0.6 is 24.8 Å². The van der Waals surface area contributed by atoms with Crippen LogP contribution in [-0.2, 0) is 11.3 Å². The number of hydrogen-bond donors (Lipinski definition) is 2. The van der Waals surface area contributed by atoms with E-state index in [0.29, 0.717) is 0 Å². The van der Waals surface area contributed by atoms with Crippen molar-refractivity contribution < 1.29 is 4.79 Å². The first-order valence-electron chi connectivity index (χ1n) is 9.62. The third-order valence-electron chi connectivity index (χ3n) is 4.98. The number of benzene rings is 2. The Hall–Kier alpha value is -1.59. The van der Waals surface area contributed by atoms with E-state index < -0.39 is 0 Å². The first-order valence-corrected chi connectivity index (χ1v) is 9.62. The molecule has 28 heavy (non-hydrogen) atoms. The number of anilines is 1. The highest BCUT2D eigenvalue weighted by molar-refractivity contribution is 5.91. The van der Waals surface area contributed by atoms with Gasteiger partial charge in [0.2, 0.25) is 5.91 Å². The van der Waals surface area contributed by atoms with Crippen LogP contribution in [0.25, 0.3) is 0 Å². The minimum atomic E-state index is -0.279. The molecule has 0 aliphatic carbocycles. The zero-order chi connectivity index (χ0) is 18.2. The third-order valence-corrected chi connectivity index (χ3v) is 4.98. The number of carbonyl (C=O) groups is 1. The summed E-state index contributed by atoms with van der Waals surface area (Å²) in [4.78, 5) is 14.8. The number of amides is 1. The second-order valence-electron chi connectivity index (χ2n) is 7.16. The summed E-state index contributed by atoms with van der Waals surface area (Å²) in [5.74, 6) is -0.0541. The lowest BCUT2D eigenvalue weighted by atomic mass is 10.0. The van der Waals surface area contributed by atoms with Crippen molar-refractivity contribution in [2.75, 3.05) is 18.4 Å². The van der Waals surface area contributed by atoms with E-state index in [-0.39, 0.29) is 43.2 Å². The van der Waals surface area contributed by atoms with E-state index in [2.05, 4.69) is 22.3 Å². The van der Waals surface area contributed by atoms with Gasteiger partial charge in [0.25, 0.3) is 0 Å². The quantitative estimate of drug-likeness (QED) is 0.691. The van der Waals surface area contributed by atoms with Crippen LogP contribution < -0.4 is 11.1 Å². The monoisotopic (exact) mass is 423 g/mol. The Balaban J connectivity index is 0.00000196. The Kier molecular flexibility index (Phi) is 11.2. The summed E-state index contributed by atoms with van der Waals surface area (Å²) in [6, 6.07) is 17.6. The van der Waals surface area contributed by atoms with Crippen LogP contribution in [0.15, 0.2) is 54.6 Å².